The Morgan fingerprint density at radius 2 is 1.81 bits per heavy atom. The van der Waals surface area contributed by atoms with E-state index in [1.54, 1.807) is 18.2 Å². The van der Waals surface area contributed by atoms with E-state index in [4.69, 9.17) is 0 Å². The van der Waals surface area contributed by atoms with Crippen molar-refractivity contribution in [1.82, 2.24) is 20.2 Å². The molecule has 7 nitrogen and oxygen atoms in total. The van der Waals surface area contributed by atoms with Gasteiger partial charge in [0.25, 0.3) is 5.91 Å². The van der Waals surface area contributed by atoms with Crippen molar-refractivity contribution >= 4 is 40.4 Å². The molecule has 36 heavy (non-hydrogen) atoms. The number of nitrogens with zero attached hydrogens (tertiary/aromatic N) is 5. The number of benzene rings is 2. The Bertz CT molecular complexity index is 1380. The maximum atomic E-state index is 13.7. The van der Waals surface area contributed by atoms with Gasteiger partial charge in [0.05, 0.1) is 16.9 Å². The number of thiophene rings is 1. The van der Waals surface area contributed by atoms with Gasteiger partial charge in [-0.3, -0.25) is 4.79 Å². The number of nitrogens with one attached hydrogen (secondary N) is 1. The first-order chi connectivity index (χ1) is 17.4. The van der Waals surface area contributed by atoms with Gasteiger partial charge in [-0.2, -0.15) is 17.9 Å². The van der Waals surface area contributed by atoms with Crippen molar-refractivity contribution < 1.29 is 18.0 Å². The van der Waals surface area contributed by atoms with Crippen molar-refractivity contribution in [3.8, 4) is 11.4 Å². The van der Waals surface area contributed by atoms with Crippen LogP contribution in [-0.4, -0.2) is 39.2 Å². The lowest BCUT2D eigenvalue weighted by molar-refractivity contribution is -0.137. The van der Waals surface area contributed by atoms with Gasteiger partial charge < -0.3 is 10.2 Å². The summed E-state index contributed by atoms with van der Waals surface area (Å²) in [6, 6.07) is 16.2. The van der Waals surface area contributed by atoms with E-state index < -0.39 is 17.6 Å². The van der Waals surface area contributed by atoms with Crippen LogP contribution in [0.15, 0.2) is 66.0 Å². The van der Waals surface area contributed by atoms with E-state index in [-0.39, 0.29) is 11.4 Å². The van der Waals surface area contributed by atoms with Gasteiger partial charge in [0, 0.05) is 23.5 Å². The summed E-state index contributed by atoms with van der Waals surface area (Å²) in [5, 5.41) is 16.4. The monoisotopic (exact) mass is 510 g/mol. The summed E-state index contributed by atoms with van der Waals surface area (Å²) in [6.45, 7) is 1.41. The lowest BCUT2D eigenvalue weighted by Gasteiger charge is -2.23. The van der Waals surface area contributed by atoms with Crippen molar-refractivity contribution in [3.05, 3.63) is 76.5 Å². The van der Waals surface area contributed by atoms with E-state index >= 15 is 0 Å². The minimum atomic E-state index is -4.55. The molecule has 0 unspecified atom stereocenters. The number of tetrazole rings is 1. The highest BCUT2D eigenvalue weighted by Crippen LogP contribution is 2.37. The Labute approximate surface area is 208 Å². The second-order valence-electron chi connectivity index (χ2n) is 8.20. The zero-order valence-corrected chi connectivity index (χ0v) is 19.8. The number of hydrogen-bond donors (Lipinski definition) is 1. The van der Waals surface area contributed by atoms with Crippen molar-refractivity contribution in [1.29, 1.82) is 0 Å². The highest BCUT2D eigenvalue weighted by Gasteiger charge is 2.32. The van der Waals surface area contributed by atoms with E-state index in [0.29, 0.717) is 30.2 Å². The molecule has 0 aliphatic carbocycles. The molecule has 1 N–H and O–H groups in total. The quantitative estimate of drug-likeness (QED) is 0.339. The van der Waals surface area contributed by atoms with Gasteiger partial charge in [-0.05, 0) is 59.0 Å². The summed E-state index contributed by atoms with van der Waals surface area (Å²) in [5.74, 6) is -0.301. The highest BCUT2D eigenvalue weighted by atomic mass is 32.1. The van der Waals surface area contributed by atoms with Gasteiger partial charge in [0.15, 0.2) is 5.82 Å². The molecule has 0 atom stereocenters. The predicted molar refractivity (Wildman–Crippen MR) is 133 cm³/mol. The summed E-state index contributed by atoms with van der Waals surface area (Å²) in [6.07, 6.45) is -1.06. The molecular formula is C25H21F3N6OS. The molecule has 2 aromatic carbocycles. The molecule has 0 bridgehead atoms. The number of carbonyl (C=O) groups excluding carboxylic acids is 1. The van der Waals surface area contributed by atoms with Crippen molar-refractivity contribution in [2.45, 2.75) is 19.0 Å². The van der Waals surface area contributed by atoms with Crippen LogP contribution < -0.4 is 10.2 Å². The number of aromatic nitrogens is 4. The first-order valence-corrected chi connectivity index (χ1v) is 12.1. The molecule has 5 rings (SSSR count). The third-order valence-electron chi connectivity index (χ3n) is 5.80. The standard InChI is InChI=1S/C25H21F3N6OS/c26-25(27,28)18-10-11-21(33-12-4-5-13-33)20(15-18)29-24(35)22(16-19-9-6-14-36-19)34-23(30-31-32-34)17-7-2-1-3-8-17/h1-3,6-11,14-16H,4-5,12-13H2,(H,29,35)/b22-16-. The third kappa shape index (κ3) is 5.01. The average molecular weight is 511 g/mol. The van der Waals surface area contributed by atoms with Crippen molar-refractivity contribution in [2.24, 2.45) is 0 Å². The molecule has 1 fully saturated rings. The minimum absolute atomic E-state index is 0.0751. The average Bonchev–Trinajstić information content (AvgIpc) is 3.65. The smallest absolute Gasteiger partial charge is 0.370 e. The van der Waals surface area contributed by atoms with E-state index in [1.807, 2.05) is 40.6 Å². The number of carbonyl (C=O) groups is 1. The van der Waals surface area contributed by atoms with Crippen molar-refractivity contribution in [3.63, 3.8) is 0 Å². The first kappa shape index (κ1) is 23.7. The highest BCUT2D eigenvalue weighted by molar-refractivity contribution is 7.10. The van der Waals surface area contributed by atoms with Crippen LogP contribution in [0.5, 0.6) is 0 Å². The van der Waals surface area contributed by atoms with Gasteiger partial charge in [0.2, 0.25) is 0 Å². The fourth-order valence-electron chi connectivity index (χ4n) is 4.08. The minimum Gasteiger partial charge on any atom is -0.370 e. The fourth-order valence-corrected chi connectivity index (χ4v) is 4.73. The fraction of sp³-hybridized carbons (Fsp3) is 0.200. The number of halogens is 3. The van der Waals surface area contributed by atoms with Crippen LogP contribution in [0.3, 0.4) is 0 Å². The Hall–Kier alpha value is -3.99. The Morgan fingerprint density at radius 1 is 1.03 bits per heavy atom. The molecule has 0 radical (unpaired) electrons. The largest absolute Gasteiger partial charge is 0.416 e. The van der Waals surface area contributed by atoms with E-state index in [1.165, 1.54) is 22.1 Å². The molecule has 184 valence electrons. The van der Waals surface area contributed by atoms with Crippen LogP contribution in [0, 0.1) is 0 Å². The normalized spacial score (nSPS) is 14.3. The summed E-state index contributed by atoms with van der Waals surface area (Å²) >= 11 is 1.41. The third-order valence-corrected chi connectivity index (χ3v) is 6.62. The second-order valence-corrected chi connectivity index (χ2v) is 9.18. The van der Waals surface area contributed by atoms with Crippen LogP contribution in [0.1, 0.15) is 23.3 Å². The lowest BCUT2D eigenvalue weighted by Crippen LogP contribution is -2.24. The van der Waals surface area contributed by atoms with Crippen LogP contribution in [-0.2, 0) is 11.0 Å². The summed E-state index contributed by atoms with van der Waals surface area (Å²) in [5.41, 5.74) is 0.555. The van der Waals surface area contributed by atoms with E-state index in [0.717, 1.165) is 29.9 Å². The van der Waals surface area contributed by atoms with Crippen molar-refractivity contribution in [2.75, 3.05) is 23.3 Å². The molecule has 0 saturated carbocycles. The van der Waals surface area contributed by atoms with Crippen LogP contribution in [0.4, 0.5) is 24.5 Å². The SMILES string of the molecule is O=C(Nc1cc(C(F)(F)F)ccc1N1CCCC1)/C(=C/c1cccs1)n1nnnc1-c1ccccc1. The van der Waals surface area contributed by atoms with Crippen LogP contribution in [0.25, 0.3) is 23.2 Å². The summed E-state index contributed by atoms with van der Waals surface area (Å²) < 4.78 is 41.9. The van der Waals surface area contributed by atoms with Crippen LogP contribution in [0.2, 0.25) is 0 Å². The summed E-state index contributed by atoms with van der Waals surface area (Å²) in [7, 11) is 0. The molecular weight excluding hydrogens is 489 g/mol. The van der Waals surface area contributed by atoms with Gasteiger partial charge in [-0.1, -0.05) is 36.4 Å². The molecule has 1 amide bonds. The van der Waals surface area contributed by atoms with E-state index in [2.05, 4.69) is 20.8 Å². The maximum Gasteiger partial charge on any atom is 0.416 e. The van der Waals surface area contributed by atoms with E-state index in [9.17, 15) is 18.0 Å². The molecule has 2 aromatic heterocycles. The van der Waals surface area contributed by atoms with Gasteiger partial charge in [-0.15, -0.1) is 16.4 Å². The molecule has 3 heterocycles. The number of anilines is 2. The first-order valence-electron chi connectivity index (χ1n) is 11.3. The number of hydrogen-bond acceptors (Lipinski definition) is 6. The summed E-state index contributed by atoms with van der Waals surface area (Å²) in [4.78, 5) is 16.4. The Balaban J connectivity index is 1.57. The Kier molecular flexibility index (Phi) is 6.55. The molecule has 1 aliphatic rings. The van der Waals surface area contributed by atoms with Crippen LogP contribution >= 0.6 is 11.3 Å². The molecule has 11 heteroatoms. The molecule has 1 saturated heterocycles. The van der Waals surface area contributed by atoms with Gasteiger partial charge in [0.1, 0.15) is 5.70 Å². The zero-order chi connectivity index (χ0) is 25.1. The molecule has 0 spiro atoms. The molecule has 4 aromatic rings. The predicted octanol–water partition coefficient (Wildman–Crippen LogP) is 5.66. The molecule has 1 aliphatic heterocycles. The number of alkyl halides is 3. The second kappa shape index (κ2) is 9.94. The maximum absolute atomic E-state index is 13.7. The zero-order valence-electron chi connectivity index (χ0n) is 18.9. The Morgan fingerprint density at radius 3 is 2.50 bits per heavy atom. The topological polar surface area (TPSA) is 75.9 Å². The van der Waals surface area contributed by atoms with Gasteiger partial charge >= 0.3 is 6.18 Å². The van der Waals surface area contributed by atoms with Gasteiger partial charge in [-0.25, -0.2) is 0 Å². The number of amides is 1. The number of rotatable bonds is 6. The lowest BCUT2D eigenvalue weighted by atomic mass is 10.1.